The number of hydrogen-bond donors (Lipinski definition) is 0. The molecule has 2 aromatic rings. The average molecular weight is 326 g/mol. The molecule has 0 unspecified atom stereocenters. The average Bonchev–Trinajstić information content (AvgIpc) is 2.59. The maximum atomic E-state index is 4.27. The fourth-order valence-corrected chi connectivity index (χ4v) is 3.66. The molecule has 0 bridgehead atoms. The van der Waals surface area contributed by atoms with Gasteiger partial charge in [0.05, 0.1) is 0 Å². The van der Waals surface area contributed by atoms with Gasteiger partial charge in [-0.15, -0.1) is 0 Å². The molecule has 0 saturated heterocycles. The van der Waals surface area contributed by atoms with Gasteiger partial charge in [0.1, 0.15) is 0 Å². The zero-order valence-corrected chi connectivity index (χ0v) is 15.7. The number of aryl methyl sites for hydroxylation is 1. The first-order valence-electron chi connectivity index (χ1n) is 9.25. The minimum Gasteiger partial charge on any atom is -0.0955 e. The van der Waals surface area contributed by atoms with E-state index in [4.69, 9.17) is 0 Å². The Morgan fingerprint density at radius 1 is 1.20 bits per heavy atom. The molecular weight excluding hydrogens is 299 g/mol. The number of benzene rings is 2. The maximum Gasteiger partial charge on any atom is 0.177 e. The molecule has 0 nitrogen and oxygen atoms in total. The van der Waals surface area contributed by atoms with Gasteiger partial charge in [0.15, 0.2) is 6.71 Å². The summed E-state index contributed by atoms with van der Waals surface area (Å²) in [6.07, 6.45) is 7.47. The predicted molar refractivity (Wildman–Crippen MR) is 114 cm³/mol. The Morgan fingerprint density at radius 3 is 2.68 bits per heavy atom. The summed E-state index contributed by atoms with van der Waals surface area (Å²) in [7, 11) is 0. The molecule has 0 fully saturated rings. The van der Waals surface area contributed by atoms with E-state index in [-0.39, 0.29) is 0 Å². The van der Waals surface area contributed by atoms with Crippen molar-refractivity contribution in [3.05, 3.63) is 89.0 Å². The zero-order valence-electron chi connectivity index (χ0n) is 15.7. The lowest BCUT2D eigenvalue weighted by molar-refractivity contribution is 1.18. The largest absolute Gasteiger partial charge is 0.177 e. The first-order chi connectivity index (χ1) is 12.0. The highest BCUT2D eigenvalue weighted by molar-refractivity contribution is 6.76. The van der Waals surface area contributed by atoms with Gasteiger partial charge >= 0.3 is 0 Å². The SMILES string of the molecule is C=C(/C=C\c1c(C)cccc1C(=C)CC)Cc1ccc2c(c1)CB2C. The van der Waals surface area contributed by atoms with E-state index in [1.54, 1.807) is 0 Å². The Bertz CT molecular complexity index is 854. The summed E-state index contributed by atoms with van der Waals surface area (Å²) in [6.45, 7) is 15.8. The Balaban J connectivity index is 1.75. The topological polar surface area (TPSA) is 0 Å². The Morgan fingerprint density at radius 2 is 2.00 bits per heavy atom. The van der Waals surface area contributed by atoms with Gasteiger partial charge in [0.25, 0.3) is 0 Å². The smallest absolute Gasteiger partial charge is 0.0955 e. The number of fused-ring (bicyclic) bond motifs is 1. The highest BCUT2D eigenvalue weighted by Gasteiger charge is 2.24. The van der Waals surface area contributed by atoms with Gasteiger partial charge in [-0.3, -0.25) is 0 Å². The van der Waals surface area contributed by atoms with Crippen LogP contribution in [0.5, 0.6) is 0 Å². The Kier molecular flexibility index (Phi) is 5.13. The van der Waals surface area contributed by atoms with Crippen LogP contribution in [0.25, 0.3) is 11.6 Å². The molecule has 0 N–H and O–H groups in total. The standard InChI is InChI=1S/C24H27B/c1-6-18(3)22-9-7-8-19(4)23(22)12-10-17(2)14-20-11-13-24-21(15-20)16-25(24)5/h7-13,15H,2-3,6,14,16H2,1,4-5H3/b12-10-. The number of hydrogen-bond acceptors (Lipinski definition) is 0. The van der Waals surface area contributed by atoms with Crippen molar-refractivity contribution in [1.29, 1.82) is 0 Å². The van der Waals surface area contributed by atoms with E-state index in [0.717, 1.165) is 25.1 Å². The molecule has 1 aliphatic rings. The van der Waals surface area contributed by atoms with Crippen LogP contribution in [0.4, 0.5) is 0 Å². The van der Waals surface area contributed by atoms with Gasteiger partial charge < -0.3 is 0 Å². The quantitative estimate of drug-likeness (QED) is 0.475. The van der Waals surface area contributed by atoms with Gasteiger partial charge in [-0.25, -0.2) is 0 Å². The summed E-state index contributed by atoms with van der Waals surface area (Å²) >= 11 is 0. The Hall–Kier alpha value is -2.28. The third kappa shape index (κ3) is 3.71. The second-order valence-electron chi connectivity index (χ2n) is 7.30. The van der Waals surface area contributed by atoms with Crippen molar-refractivity contribution >= 4 is 23.8 Å². The number of allylic oxidation sites excluding steroid dienone is 3. The molecular formula is C24H27B. The van der Waals surface area contributed by atoms with E-state index in [1.807, 2.05) is 0 Å². The molecule has 126 valence electrons. The summed E-state index contributed by atoms with van der Waals surface area (Å²) in [5.41, 5.74) is 10.5. The molecule has 1 heteroatoms. The first kappa shape index (κ1) is 17.5. The van der Waals surface area contributed by atoms with Gasteiger partial charge in [0.2, 0.25) is 0 Å². The lowest BCUT2D eigenvalue weighted by atomic mass is 9.34. The Labute approximate surface area is 153 Å². The van der Waals surface area contributed by atoms with Crippen molar-refractivity contribution in [1.82, 2.24) is 0 Å². The molecule has 3 rings (SSSR count). The van der Waals surface area contributed by atoms with Crippen LogP contribution in [0.1, 0.15) is 41.2 Å². The van der Waals surface area contributed by atoms with Gasteiger partial charge in [-0.1, -0.05) is 92.1 Å². The van der Waals surface area contributed by atoms with Crippen LogP contribution in [0.15, 0.2) is 61.2 Å². The molecule has 0 atom stereocenters. The van der Waals surface area contributed by atoms with E-state index in [2.05, 4.69) is 82.4 Å². The summed E-state index contributed by atoms with van der Waals surface area (Å²) in [6, 6.07) is 13.3. The van der Waals surface area contributed by atoms with Gasteiger partial charge in [-0.05, 0) is 53.9 Å². The summed E-state index contributed by atoms with van der Waals surface area (Å²) in [5, 5.41) is 0. The van der Waals surface area contributed by atoms with Gasteiger partial charge in [-0.2, -0.15) is 0 Å². The highest BCUT2D eigenvalue weighted by atomic mass is 14.1. The third-order valence-electron chi connectivity index (χ3n) is 5.31. The monoisotopic (exact) mass is 326 g/mol. The van der Waals surface area contributed by atoms with Gasteiger partial charge in [0, 0.05) is 0 Å². The lowest BCUT2D eigenvalue weighted by Gasteiger charge is -2.25. The van der Waals surface area contributed by atoms with E-state index in [9.17, 15) is 0 Å². The van der Waals surface area contributed by atoms with Crippen LogP contribution in [-0.2, 0) is 12.7 Å². The fraction of sp³-hybridized carbons (Fsp3) is 0.250. The van der Waals surface area contributed by atoms with E-state index in [0.29, 0.717) is 0 Å². The van der Waals surface area contributed by atoms with Crippen LogP contribution < -0.4 is 5.46 Å². The van der Waals surface area contributed by atoms with Crippen LogP contribution >= 0.6 is 0 Å². The zero-order chi connectivity index (χ0) is 18.0. The normalized spacial score (nSPS) is 12.8. The van der Waals surface area contributed by atoms with E-state index in [1.165, 1.54) is 45.2 Å². The molecule has 1 aliphatic heterocycles. The molecule has 0 aliphatic carbocycles. The molecule has 25 heavy (non-hydrogen) atoms. The van der Waals surface area contributed by atoms with Crippen molar-refractivity contribution in [3.8, 4) is 0 Å². The number of rotatable bonds is 6. The minimum atomic E-state index is 0.735. The van der Waals surface area contributed by atoms with Crippen molar-refractivity contribution in [3.63, 3.8) is 0 Å². The first-order valence-corrected chi connectivity index (χ1v) is 9.25. The third-order valence-corrected chi connectivity index (χ3v) is 5.31. The maximum absolute atomic E-state index is 4.27. The van der Waals surface area contributed by atoms with E-state index < -0.39 is 0 Å². The summed E-state index contributed by atoms with van der Waals surface area (Å²) in [4.78, 5) is 0. The molecule has 1 heterocycles. The van der Waals surface area contributed by atoms with E-state index >= 15 is 0 Å². The van der Waals surface area contributed by atoms with Crippen molar-refractivity contribution in [2.75, 3.05) is 0 Å². The molecule has 0 saturated carbocycles. The van der Waals surface area contributed by atoms with Crippen LogP contribution in [0, 0.1) is 6.92 Å². The lowest BCUT2D eigenvalue weighted by Crippen LogP contribution is -2.43. The second kappa shape index (κ2) is 7.31. The fourth-order valence-electron chi connectivity index (χ4n) is 3.66. The van der Waals surface area contributed by atoms with Crippen molar-refractivity contribution in [2.45, 2.75) is 39.8 Å². The second-order valence-corrected chi connectivity index (χ2v) is 7.30. The van der Waals surface area contributed by atoms with Crippen LogP contribution in [0.3, 0.4) is 0 Å². The highest BCUT2D eigenvalue weighted by Crippen LogP contribution is 2.25. The van der Waals surface area contributed by atoms with Crippen LogP contribution in [0.2, 0.25) is 6.82 Å². The molecule has 2 aromatic carbocycles. The molecule has 0 amide bonds. The molecule has 0 spiro atoms. The summed E-state index contributed by atoms with van der Waals surface area (Å²) in [5.74, 6) is 0. The summed E-state index contributed by atoms with van der Waals surface area (Å²) < 4.78 is 0. The minimum absolute atomic E-state index is 0.735. The van der Waals surface area contributed by atoms with Crippen LogP contribution in [-0.4, -0.2) is 6.71 Å². The predicted octanol–water partition coefficient (Wildman–Crippen LogP) is 5.66. The molecule has 0 radical (unpaired) electrons. The van der Waals surface area contributed by atoms with Crippen molar-refractivity contribution < 1.29 is 0 Å². The molecule has 0 aromatic heterocycles. The van der Waals surface area contributed by atoms with Crippen molar-refractivity contribution in [2.24, 2.45) is 0 Å².